The fourth-order valence-corrected chi connectivity index (χ4v) is 8.18. The van der Waals surface area contributed by atoms with Crippen molar-refractivity contribution in [3.05, 3.63) is 88.5 Å². The summed E-state index contributed by atoms with van der Waals surface area (Å²) in [5.74, 6) is 0.567. The average Bonchev–Trinajstić information content (AvgIpc) is 3.90. The number of alkyl carbamates (subject to hydrolysis) is 1. The molecule has 2 fully saturated rings. The number of hydrogen-bond donors (Lipinski definition) is 2. The lowest BCUT2D eigenvalue weighted by Crippen LogP contribution is -2.52. The van der Waals surface area contributed by atoms with E-state index >= 15 is 0 Å². The van der Waals surface area contributed by atoms with Crippen molar-refractivity contribution in [2.45, 2.75) is 62.5 Å². The standard InChI is InChI=1S/C37H43N3O14S/c1-37(2,15-17-49-36(43)53-26-10-8-25(9-11-26)40(44)45)22-39(55(46,47)27-12-13-31-32(19-27)52-23-51-31)20-30(41)29(18-24-6-4-3-5-7-24)38-35(42)54-33-21-50-34-28(33)14-16-48-34/h3-13,19,28-30,33-34,41H,14-18,20-23H2,1-2H3,(H,38,42)/t28-,29-,30+,33-,34+/m0/s1. The molecule has 18 heteroatoms. The number of fused-ring (bicyclic) bond motifs is 2. The van der Waals surface area contributed by atoms with Gasteiger partial charge in [-0.15, -0.1) is 0 Å². The Morgan fingerprint density at radius 1 is 1.05 bits per heavy atom. The number of ether oxygens (including phenoxy) is 7. The summed E-state index contributed by atoms with van der Waals surface area (Å²) in [6.07, 6.45) is -3.25. The molecule has 0 bridgehead atoms. The number of aliphatic hydroxyl groups excluding tert-OH is 1. The lowest BCUT2D eigenvalue weighted by atomic mass is 9.89. The van der Waals surface area contributed by atoms with Crippen LogP contribution in [0.4, 0.5) is 15.3 Å². The lowest BCUT2D eigenvalue weighted by molar-refractivity contribution is -0.384. The van der Waals surface area contributed by atoms with E-state index in [1.807, 2.05) is 30.3 Å². The van der Waals surface area contributed by atoms with Crippen molar-refractivity contribution in [1.29, 1.82) is 0 Å². The molecule has 296 valence electrons. The van der Waals surface area contributed by atoms with E-state index < -0.39 is 63.7 Å². The van der Waals surface area contributed by atoms with Crippen LogP contribution in [0.5, 0.6) is 17.2 Å². The Hall–Kier alpha value is -5.01. The van der Waals surface area contributed by atoms with Gasteiger partial charge in [-0.2, -0.15) is 4.31 Å². The molecule has 17 nitrogen and oxygen atoms in total. The molecule has 2 N–H and O–H groups in total. The van der Waals surface area contributed by atoms with Crippen LogP contribution in [0.15, 0.2) is 77.7 Å². The third-order valence-electron chi connectivity index (χ3n) is 9.53. The third-order valence-corrected chi connectivity index (χ3v) is 11.3. The van der Waals surface area contributed by atoms with Gasteiger partial charge < -0.3 is 43.6 Å². The van der Waals surface area contributed by atoms with Gasteiger partial charge in [0.1, 0.15) is 11.9 Å². The Balaban J connectivity index is 1.17. The van der Waals surface area contributed by atoms with Crippen LogP contribution in [0.25, 0.3) is 0 Å². The van der Waals surface area contributed by atoms with Crippen LogP contribution in [-0.4, -0.2) is 99.2 Å². The fraction of sp³-hybridized carbons (Fsp3) is 0.459. The van der Waals surface area contributed by atoms with Crippen LogP contribution >= 0.6 is 0 Å². The maximum Gasteiger partial charge on any atom is 0.513 e. The minimum absolute atomic E-state index is 0.0423. The average molecular weight is 786 g/mol. The SMILES string of the molecule is CC(C)(CCOC(=O)Oc1ccc([N+](=O)[O-])cc1)CN(C[C@@H](O)[C@H](Cc1ccccc1)NC(=O)O[C@H]1CO[C@H]2OCC[C@H]21)S(=O)(=O)c1ccc2c(c1)OCO2. The highest BCUT2D eigenvalue weighted by Gasteiger charge is 2.44. The monoisotopic (exact) mass is 785 g/mol. The van der Waals surface area contributed by atoms with E-state index in [1.165, 1.54) is 42.5 Å². The van der Waals surface area contributed by atoms with Crippen molar-refractivity contribution in [3.63, 3.8) is 0 Å². The number of aliphatic hydroxyl groups is 1. The van der Waals surface area contributed by atoms with Crippen LogP contribution in [0, 0.1) is 21.4 Å². The molecule has 0 unspecified atom stereocenters. The Bertz CT molecular complexity index is 1930. The van der Waals surface area contributed by atoms with E-state index in [9.17, 15) is 33.2 Å². The zero-order valence-electron chi connectivity index (χ0n) is 30.2. The van der Waals surface area contributed by atoms with E-state index in [0.29, 0.717) is 18.8 Å². The Labute approximate surface area is 317 Å². The summed E-state index contributed by atoms with van der Waals surface area (Å²) in [5.41, 5.74) is -0.240. The van der Waals surface area contributed by atoms with Gasteiger partial charge in [0.25, 0.3) is 5.69 Å². The normalized spacial score (nSPS) is 20.0. The molecule has 2 saturated heterocycles. The van der Waals surface area contributed by atoms with Crippen LogP contribution in [-0.2, 0) is 35.4 Å². The van der Waals surface area contributed by atoms with Gasteiger partial charge in [-0.25, -0.2) is 18.0 Å². The van der Waals surface area contributed by atoms with Crippen molar-refractivity contribution < 1.29 is 61.2 Å². The predicted octanol–water partition coefficient (Wildman–Crippen LogP) is 4.41. The second-order valence-electron chi connectivity index (χ2n) is 14.2. The first-order valence-electron chi connectivity index (χ1n) is 17.7. The molecule has 55 heavy (non-hydrogen) atoms. The van der Waals surface area contributed by atoms with Gasteiger partial charge in [-0.05, 0) is 54.5 Å². The number of nitrogens with zero attached hydrogens (tertiary/aromatic N) is 2. The molecule has 3 aromatic carbocycles. The van der Waals surface area contributed by atoms with Crippen LogP contribution in [0.2, 0.25) is 0 Å². The molecule has 3 aliphatic rings. The number of carbonyl (C=O) groups is 2. The van der Waals surface area contributed by atoms with E-state index in [1.54, 1.807) is 13.8 Å². The molecule has 3 aromatic rings. The zero-order valence-corrected chi connectivity index (χ0v) is 31.1. The summed E-state index contributed by atoms with van der Waals surface area (Å²) in [4.78, 5) is 35.9. The molecule has 3 aliphatic heterocycles. The van der Waals surface area contributed by atoms with Crippen molar-refractivity contribution in [1.82, 2.24) is 9.62 Å². The van der Waals surface area contributed by atoms with E-state index in [-0.39, 0.29) is 67.4 Å². The fourth-order valence-electron chi connectivity index (χ4n) is 6.52. The minimum atomic E-state index is -4.32. The number of hydrogen-bond acceptors (Lipinski definition) is 14. The molecular formula is C37H43N3O14S. The van der Waals surface area contributed by atoms with Gasteiger partial charge in [0.05, 0.1) is 47.7 Å². The molecule has 6 rings (SSSR count). The number of non-ortho nitro benzene ring substituents is 1. The lowest BCUT2D eigenvalue weighted by Gasteiger charge is -2.35. The molecule has 0 saturated carbocycles. The molecule has 0 aromatic heterocycles. The molecule has 5 atom stereocenters. The third kappa shape index (κ3) is 10.2. The number of rotatable bonds is 16. The maximum absolute atomic E-state index is 14.4. The summed E-state index contributed by atoms with van der Waals surface area (Å²) < 4.78 is 67.9. The summed E-state index contributed by atoms with van der Waals surface area (Å²) in [6.45, 7) is 3.39. The van der Waals surface area contributed by atoms with Crippen LogP contribution < -0.4 is 19.5 Å². The molecule has 3 heterocycles. The van der Waals surface area contributed by atoms with Gasteiger partial charge in [-0.3, -0.25) is 10.1 Å². The number of nitrogens with one attached hydrogen (secondary N) is 1. The van der Waals surface area contributed by atoms with Gasteiger partial charge in [0, 0.05) is 31.3 Å². The number of amides is 1. The number of benzene rings is 3. The summed E-state index contributed by atoms with van der Waals surface area (Å²) in [6, 6.07) is 17.2. The summed E-state index contributed by atoms with van der Waals surface area (Å²) in [5, 5.41) is 25.5. The molecule has 0 aliphatic carbocycles. The Morgan fingerprint density at radius 3 is 2.55 bits per heavy atom. The molecule has 0 spiro atoms. The van der Waals surface area contributed by atoms with Crippen molar-refractivity contribution in [2.75, 3.05) is 39.7 Å². The number of nitro groups is 1. The van der Waals surface area contributed by atoms with E-state index in [0.717, 1.165) is 9.87 Å². The largest absolute Gasteiger partial charge is 0.513 e. The highest BCUT2D eigenvalue weighted by atomic mass is 32.2. The van der Waals surface area contributed by atoms with Crippen molar-refractivity contribution in [3.8, 4) is 17.2 Å². The summed E-state index contributed by atoms with van der Waals surface area (Å²) in [7, 11) is -4.32. The number of nitro benzene ring substituents is 1. The van der Waals surface area contributed by atoms with E-state index in [4.69, 9.17) is 33.2 Å². The molecule has 1 amide bonds. The van der Waals surface area contributed by atoms with Crippen LogP contribution in [0.1, 0.15) is 32.3 Å². The van der Waals surface area contributed by atoms with Crippen LogP contribution in [0.3, 0.4) is 0 Å². The van der Waals surface area contributed by atoms with E-state index in [2.05, 4.69) is 5.32 Å². The quantitative estimate of drug-likeness (QED) is 0.0892. The highest BCUT2D eigenvalue weighted by molar-refractivity contribution is 7.89. The maximum atomic E-state index is 14.4. The van der Waals surface area contributed by atoms with Gasteiger partial charge in [0.2, 0.25) is 16.8 Å². The first-order valence-corrected chi connectivity index (χ1v) is 19.1. The highest BCUT2D eigenvalue weighted by Crippen LogP contribution is 2.36. The Kier molecular flexibility index (Phi) is 12.4. The minimum Gasteiger partial charge on any atom is -0.454 e. The first kappa shape index (κ1) is 39.7. The predicted molar refractivity (Wildman–Crippen MR) is 192 cm³/mol. The molecular weight excluding hydrogens is 742 g/mol. The van der Waals surface area contributed by atoms with Gasteiger partial charge in [0.15, 0.2) is 17.8 Å². The zero-order chi connectivity index (χ0) is 39.2. The van der Waals surface area contributed by atoms with Gasteiger partial charge >= 0.3 is 12.2 Å². The van der Waals surface area contributed by atoms with Gasteiger partial charge in [-0.1, -0.05) is 44.2 Å². The summed E-state index contributed by atoms with van der Waals surface area (Å²) >= 11 is 0. The molecule has 0 radical (unpaired) electrons. The topological polar surface area (TPSA) is 212 Å². The van der Waals surface area contributed by atoms with Crippen molar-refractivity contribution >= 4 is 28.0 Å². The second-order valence-corrected chi connectivity index (χ2v) is 16.1. The Morgan fingerprint density at radius 2 is 1.80 bits per heavy atom. The number of carbonyl (C=O) groups excluding carboxylic acids is 2. The number of sulfonamides is 1. The first-order chi connectivity index (χ1) is 26.3. The smallest absolute Gasteiger partial charge is 0.454 e. The van der Waals surface area contributed by atoms with Crippen molar-refractivity contribution in [2.24, 2.45) is 11.3 Å². The second kappa shape index (κ2) is 17.2.